The molecule has 1 atom stereocenters. The number of phenolic OH excluding ortho intramolecular Hbond substituents is 1. The number of amides is 2. The maximum atomic E-state index is 12.6. The fourth-order valence-corrected chi connectivity index (χ4v) is 6.94. The van der Waals surface area contributed by atoms with E-state index in [1.54, 1.807) is 39.9 Å². The average molecular weight is 726 g/mol. The second kappa shape index (κ2) is 17.1. The number of aromatic hydroxyl groups is 1. The summed E-state index contributed by atoms with van der Waals surface area (Å²) in [4.78, 5) is 24.1. The summed E-state index contributed by atoms with van der Waals surface area (Å²) < 4.78 is 13.5. The molecule has 0 aliphatic carbocycles. The zero-order valence-electron chi connectivity index (χ0n) is 25.4. The molecule has 238 valence electrons. The highest BCUT2D eigenvalue weighted by molar-refractivity contribution is 9.10. The van der Waals surface area contributed by atoms with E-state index < -0.39 is 6.04 Å². The van der Waals surface area contributed by atoms with Gasteiger partial charge in [-0.2, -0.15) is 9.78 Å². The molecule has 2 amide bonds. The van der Waals surface area contributed by atoms with E-state index in [1.165, 1.54) is 29.5 Å². The van der Waals surface area contributed by atoms with Crippen molar-refractivity contribution in [3.05, 3.63) is 52.0 Å². The number of thioether (sulfide) groups is 1. The van der Waals surface area contributed by atoms with Crippen LogP contribution in [0.2, 0.25) is 0 Å². The predicted octanol–water partition coefficient (Wildman–Crippen LogP) is 5.69. The van der Waals surface area contributed by atoms with Crippen molar-refractivity contribution < 1.29 is 24.2 Å². The minimum Gasteiger partial charge on any atom is -0.508 e. The van der Waals surface area contributed by atoms with Crippen LogP contribution in [0.25, 0.3) is 11.4 Å². The largest absolute Gasteiger partial charge is 0.508 e. The molecule has 0 bridgehead atoms. The van der Waals surface area contributed by atoms with Gasteiger partial charge in [0.15, 0.2) is 12.6 Å². The second-order valence-corrected chi connectivity index (χ2v) is 15.1. The van der Waals surface area contributed by atoms with Crippen molar-refractivity contribution in [3.8, 4) is 22.9 Å². The van der Waals surface area contributed by atoms with E-state index in [-0.39, 0.29) is 35.8 Å². The third-order valence-electron chi connectivity index (χ3n) is 5.69. The van der Waals surface area contributed by atoms with E-state index in [0.29, 0.717) is 28.9 Å². The predicted molar refractivity (Wildman–Crippen MR) is 182 cm³/mol. The fraction of sp³-hybridized carbons (Fsp3) is 0.414. The molecule has 1 aromatic heterocycles. The van der Waals surface area contributed by atoms with Crippen LogP contribution in [-0.2, 0) is 20.7 Å². The third-order valence-corrected chi connectivity index (χ3v) is 10.3. The van der Waals surface area contributed by atoms with Crippen LogP contribution in [0.4, 0.5) is 0 Å². The zero-order valence-corrected chi connectivity index (χ0v) is 29.5. The number of nitrogens with one attached hydrogen (secondary N) is 2. The Labute approximate surface area is 278 Å². The molecule has 3 rings (SSSR count). The van der Waals surface area contributed by atoms with Gasteiger partial charge in [-0.15, -0.1) is 10.2 Å². The molecule has 0 spiro atoms. The van der Waals surface area contributed by atoms with Gasteiger partial charge in [-0.1, -0.05) is 61.0 Å². The van der Waals surface area contributed by atoms with Gasteiger partial charge in [0.1, 0.15) is 24.3 Å². The lowest BCUT2D eigenvalue weighted by molar-refractivity contribution is -0.129. The summed E-state index contributed by atoms with van der Waals surface area (Å²) in [6.07, 6.45) is 4.29. The van der Waals surface area contributed by atoms with Crippen LogP contribution >= 0.6 is 49.3 Å². The standard InChI is InChI=1S/C29H37BrN6O5S3/c1-7-19-12-21(23(30)13-25(19)38)14-32-36-26(34-35-28(36)42-6)20-8-10-22(11-9-20)41-17-40-16-31-27(39)24(33-18(2)37)15-43-44-29(3,4)5/h8-14,24,38H,7,15-17H2,1-6H3,(H,31,39)(H,33,37)/b32-14+. The van der Waals surface area contributed by atoms with Gasteiger partial charge in [-0.3, -0.25) is 9.59 Å². The summed E-state index contributed by atoms with van der Waals surface area (Å²) in [5, 5.41) is 29.3. The number of carbonyl (C=O) groups excluding carboxylic acids is 2. The molecule has 44 heavy (non-hydrogen) atoms. The lowest BCUT2D eigenvalue weighted by atomic mass is 10.1. The number of ether oxygens (including phenoxy) is 2. The van der Waals surface area contributed by atoms with Crippen molar-refractivity contribution >= 4 is 67.3 Å². The topological polar surface area (TPSA) is 140 Å². The number of carbonyl (C=O) groups is 2. The fourth-order valence-electron chi connectivity index (χ4n) is 3.61. The molecule has 0 aliphatic rings. The number of hydrogen-bond donors (Lipinski definition) is 3. The normalized spacial score (nSPS) is 12.3. The molecule has 3 N–H and O–H groups in total. The van der Waals surface area contributed by atoms with Crippen molar-refractivity contribution in [2.24, 2.45) is 5.10 Å². The summed E-state index contributed by atoms with van der Waals surface area (Å²) in [6, 6.07) is 10.1. The summed E-state index contributed by atoms with van der Waals surface area (Å²) in [6.45, 7) is 9.47. The average Bonchev–Trinajstić information content (AvgIpc) is 3.38. The van der Waals surface area contributed by atoms with Gasteiger partial charge in [-0.25, -0.2) is 0 Å². The minimum atomic E-state index is -0.668. The number of phenols is 1. The molecule has 2 aromatic carbocycles. The van der Waals surface area contributed by atoms with Gasteiger partial charge >= 0.3 is 0 Å². The van der Waals surface area contributed by atoms with Gasteiger partial charge in [0.25, 0.3) is 0 Å². The van der Waals surface area contributed by atoms with Crippen molar-refractivity contribution in [2.45, 2.75) is 57.0 Å². The van der Waals surface area contributed by atoms with Crippen LogP contribution in [0.5, 0.6) is 11.5 Å². The summed E-state index contributed by atoms with van der Waals surface area (Å²) in [7, 11) is 3.18. The highest BCUT2D eigenvalue weighted by atomic mass is 79.9. The SMILES string of the molecule is CCc1cc(/C=N/n2c(SC)nnc2-c2ccc(OCOCNC(=O)C(CSSC(C)(C)C)NC(C)=O)cc2)c(Br)cc1O. The Hall–Kier alpha value is -2.72. The smallest absolute Gasteiger partial charge is 0.245 e. The molecule has 0 radical (unpaired) electrons. The third kappa shape index (κ3) is 11.0. The molecular formula is C29H37BrN6O5S3. The lowest BCUT2D eigenvalue weighted by Gasteiger charge is -2.20. The number of aryl methyl sites for hydroxylation is 1. The van der Waals surface area contributed by atoms with Crippen LogP contribution < -0.4 is 15.4 Å². The summed E-state index contributed by atoms with van der Waals surface area (Å²) in [5.74, 6) is 1.18. The van der Waals surface area contributed by atoms with Crippen LogP contribution in [-0.4, -0.2) is 74.3 Å². The number of aromatic nitrogens is 3. The second-order valence-electron chi connectivity index (χ2n) is 10.3. The first-order valence-corrected chi connectivity index (χ1v) is 18.0. The first-order chi connectivity index (χ1) is 20.9. The molecule has 0 fully saturated rings. The Morgan fingerprint density at radius 3 is 2.57 bits per heavy atom. The van der Waals surface area contributed by atoms with Crippen molar-refractivity contribution in [2.75, 3.05) is 25.5 Å². The van der Waals surface area contributed by atoms with Crippen LogP contribution in [0.3, 0.4) is 0 Å². The van der Waals surface area contributed by atoms with Gasteiger partial charge in [0, 0.05) is 33.0 Å². The van der Waals surface area contributed by atoms with Gasteiger partial charge in [0.2, 0.25) is 17.0 Å². The Kier molecular flexibility index (Phi) is 13.9. The van der Waals surface area contributed by atoms with Gasteiger partial charge < -0.3 is 25.2 Å². The number of halogens is 1. The molecule has 15 heteroatoms. The molecule has 1 heterocycles. The Balaban J connectivity index is 1.56. The molecular weight excluding hydrogens is 688 g/mol. The van der Waals surface area contributed by atoms with E-state index in [4.69, 9.17) is 9.47 Å². The summed E-state index contributed by atoms with van der Waals surface area (Å²) in [5.41, 5.74) is 2.42. The van der Waals surface area contributed by atoms with E-state index in [9.17, 15) is 14.7 Å². The Bertz CT molecular complexity index is 1450. The first kappa shape index (κ1) is 35.8. The molecule has 0 saturated heterocycles. The maximum Gasteiger partial charge on any atom is 0.245 e. The minimum absolute atomic E-state index is 0.0367. The van der Waals surface area contributed by atoms with Gasteiger partial charge in [-0.05, 0) is 70.6 Å². The van der Waals surface area contributed by atoms with E-state index in [2.05, 4.69) is 62.6 Å². The maximum absolute atomic E-state index is 12.6. The van der Waals surface area contributed by atoms with Crippen molar-refractivity contribution in [3.63, 3.8) is 0 Å². The molecule has 0 aliphatic heterocycles. The summed E-state index contributed by atoms with van der Waals surface area (Å²) >= 11 is 4.91. The highest BCUT2D eigenvalue weighted by Gasteiger charge is 2.21. The monoisotopic (exact) mass is 724 g/mol. The number of hydrogen-bond acceptors (Lipinski definition) is 11. The van der Waals surface area contributed by atoms with Gasteiger partial charge in [0.05, 0.1) is 6.21 Å². The molecule has 0 saturated carbocycles. The molecule has 3 aromatic rings. The number of nitrogens with zero attached hydrogens (tertiary/aromatic N) is 4. The quantitative estimate of drug-likeness (QED) is 0.0589. The Morgan fingerprint density at radius 1 is 1.20 bits per heavy atom. The van der Waals surface area contributed by atoms with E-state index in [1.807, 2.05) is 31.4 Å². The molecule has 1 unspecified atom stereocenters. The highest BCUT2D eigenvalue weighted by Crippen LogP contribution is 2.35. The van der Waals surface area contributed by atoms with Crippen molar-refractivity contribution in [1.82, 2.24) is 25.5 Å². The van der Waals surface area contributed by atoms with Crippen molar-refractivity contribution in [1.29, 1.82) is 0 Å². The van der Waals surface area contributed by atoms with Crippen LogP contribution in [0.1, 0.15) is 45.7 Å². The first-order valence-electron chi connectivity index (χ1n) is 13.6. The lowest BCUT2D eigenvalue weighted by Crippen LogP contribution is -2.48. The van der Waals surface area contributed by atoms with E-state index in [0.717, 1.165) is 21.2 Å². The Morgan fingerprint density at radius 2 is 1.93 bits per heavy atom. The number of rotatable bonds is 15. The molecule has 11 nitrogen and oxygen atoms in total. The zero-order chi connectivity index (χ0) is 32.3. The number of benzene rings is 2. The van der Waals surface area contributed by atoms with E-state index >= 15 is 0 Å². The van der Waals surface area contributed by atoms with Crippen LogP contribution in [0.15, 0.2) is 51.1 Å². The van der Waals surface area contributed by atoms with Crippen LogP contribution in [0, 0.1) is 0 Å².